The van der Waals surface area contributed by atoms with Crippen molar-refractivity contribution in [1.29, 1.82) is 0 Å². The molecule has 33 heavy (non-hydrogen) atoms. The third-order valence-corrected chi connectivity index (χ3v) is 6.74. The van der Waals surface area contributed by atoms with Crippen LogP contribution in [-0.4, -0.2) is 30.8 Å². The zero-order valence-corrected chi connectivity index (χ0v) is 19.8. The van der Waals surface area contributed by atoms with E-state index in [0.29, 0.717) is 23.0 Å². The van der Waals surface area contributed by atoms with E-state index in [-0.39, 0.29) is 5.56 Å². The average molecular weight is 476 g/mol. The quantitative estimate of drug-likeness (QED) is 0.308. The molecular weight excluding hydrogens is 454 g/mol. The van der Waals surface area contributed by atoms with E-state index >= 15 is 0 Å². The standard InChI is InChI=1S/C24H21N5O2S2/c1-3-31-20-9-7-19(8-10-20)29-22(17-6-4-5-16(2)13-17)26-27-24(29)33-15-18-14-21(30)28-11-12-32-23(28)25-18/h4-14H,3,15H2,1-2H3. The minimum atomic E-state index is -0.0784. The van der Waals surface area contributed by atoms with Gasteiger partial charge in [-0.25, -0.2) is 4.98 Å². The maximum atomic E-state index is 12.3. The average Bonchev–Trinajstić information content (AvgIpc) is 3.46. The Bertz CT molecular complexity index is 1470. The zero-order valence-electron chi connectivity index (χ0n) is 18.1. The first kappa shape index (κ1) is 21.4. The second-order valence-corrected chi connectivity index (χ2v) is 9.18. The highest BCUT2D eigenvalue weighted by Crippen LogP contribution is 2.30. The van der Waals surface area contributed by atoms with Crippen molar-refractivity contribution >= 4 is 28.1 Å². The van der Waals surface area contributed by atoms with Gasteiger partial charge < -0.3 is 4.74 Å². The van der Waals surface area contributed by atoms with E-state index in [1.165, 1.54) is 23.1 Å². The van der Waals surface area contributed by atoms with E-state index in [1.807, 2.05) is 53.3 Å². The Hall–Kier alpha value is -3.43. The topological polar surface area (TPSA) is 74.3 Å². The Balaban J connectivity index is 1.52. The summed E-state index contributed by atoms with van der Waals surface area (Å²) in [5.74, 6) is 2.08. The molecule has 0 N–H and O–H groups in total. The second kappa shape index (κ2) is 9.21. The predicted octanol–water partition coefficient (Wildman–Crippen LogP) is 5.00. The highest BCUT2D eigenvalue weighted by Gasteiger charge is 2.17. The van der Waals surface area contributed by atoms with E-state index in [9.17, 15) is 4.79 Å². The Kier molecular flexibility index (Phi) is 5.97. The summed E-state index contributed by atoms with van der Waals surface area (Å²) in [5, 5.41) is 11.6. The summed E-state index contributed by atoms with van der Waals surface area (Å²) >= 11 is 2.94. The highest BCUT2D eigenvalue weighted by atomic mass is 32.2. The number of rotatable bonds is 7. The Morgan fingerprint density at radius 2 is 1.94 bits per heavy atom. The van der Waals surface area contributed by atoms with Crippen LogP contribution in [0.5, 0.6) is 5.75 Å². The molecule has 0 bridgehead atoms. The van der Waals surface area contributed by atoms with Gasteiger partial charge in [0.05, 0.1) is 12.3 Å². The molecule has 2 aromatic carbocycles. The molecule has 7 nitrogen and oxygen atoms in total. The molecule has 0 spiro atoms. The number of aryl methyl sites for hydroxylation is 1. The van der Waals surface area contributed by atoms with Crippen LogP contribution in [0.3, 0.4) is 0 Å². The first-order valence-corrected chi connectivity index (χ1v) is 12.3. The van der Waals surface area contributed by atoms with Crippen LogP contribution in [0.4, 0.5) is 0 Å². The largest absolute Gasteiger partial charge is 0.494 e. The molecule has 0 aliphatic rings. The lowest BCUT2D eigenvalue weighted by Crippen LogP contribution is -2.12. The highest BCUT2D eigenvalue weighted by molar-refractivity contribution is 7.98. The summed E-state index contributed by atoms with van der Waals surface area (Å²) in [6.45, 7) is 4.64. The van der Waals surface area contributed by atoms with Crippen LogP contribution < -0.4 is 10.3 Å². The molecular formula is C24H21N5O2S2. The summed E-state index contributed by atoms with van der Waals surface area (Å²) in [4.78, 5) is 17.6. The monoisotopic (exact) mass is 475 g/mol. The number of aromatic nitrogens is 5. The number of ether oxygens (including phenoxy) is 1. The zero-order chi connectivity index (χ0) is 22.8. The molecule has 0 amide bonds. The molecule has 5 rings (SSSR count). The van der Waals surface area contributed by atoms with Gasteiger partial charge in [0.15, 0.2) is 15.9 Å². The minimum absolute atomic E-state index is 0.0784. The number of thioether (sulfide) groups is 1. The van der Waals surface area contributed by atoms with Crippen LogP contribution in [-0.2, 0) is 5.75 Å². The van der Waals surface area contributed by atoms with Gasteiger partial charge in [-0.05, 0) is 44.2 Å². The van der Waals surface area contributed by atoms with Gasteiger partial charge in [-0.1, -0.05) is 35.5 Å². The van der Waals surface area contributed by atoms with Gasteiger partial charge in [-0.2, -0.15) is 0 Å². The van der Waals surface area contributed by atoms with E-state index < -0.39 is 0 Å². The maximum absolute atomic E-state index is 12.3. The summed E-state index contributed by atoms with van der Waals surface area (Å²) in [7, 11) is 0. The van der Waals surface area contributed by atoms with E-state index in [1.54, 1.807) is 16.7 Å². The van der Waals surface area contributed by atoms with Crippen molar-refractivity contribution in [1.82, 2.24) is 24.1 Å². The Morgan fingerprint density at radius 1 is 1.09 bits per heavy atom. The lowest BCUT2D eigenvalue weighted by molar-refractivity contribution is 0.340. The van der Waals surface area contributed by atoms with Gasteiger partial charge in [0, 0.05) is 34.6 Å². The Morgan fingerprint density at radius 3 is 2.73 bits per heavy atom. The molecule has 3 heterocycles. The van der Waals surface area contributed by atoms with Crippen molar-refractivity contribution in [2.24, 2.45) is 0 Å². The fourth-order valence-corrected chi connectivity index (χ4v) is 5.11. The van der Waals surface area contributed by atoms with E-state index in [4.69, 9.17) is 4.74 Å². The lowest BCUT2D eigenvalue weighted by atomic mass is 10.1. The van der Waals surface area contributed by atoms with Crippen molar-refractivity contribution in [3.05, 3.63) is 87.8 Å². The first-order valence-electron chi connectivity index (χ1n) is 10.5. The Labute approximate surface area is 198 Å². The van der Waals surface area contributed by atoms with E-state index in [0.717, 1.165) is 33.5 Å². The number of hydrogen-bond acceptors (Lipinski definition) is 7. The first-order chi connectivity index (χ1) is 16.1. The van der Waals surface area contributed by atoms with Gasteiger partial charge in [-0.15, -0.1) is 21.5 Å². The van der Waals surface area contributed by atoms with Crippen molar-refractivity contribution in [3.8, 4) is 22.8 Å². The van der Waals surface area contributed by atoms with Crippen molar-refractivity contribution < 1.29 is 4.74 Å². The molecule has 0 radical (unpaired) electrons. The number of nitrogens with zero attached hydrogens (tertiary/aromatic N) is 5. The van der Waals surface area contributed by atoms with Crippen LogP contribution >= 0.6 is 23.1 Å². The van der Waals surface area contributed by atoms with Gasteiger partial charge in [-0.3, -0.25) is 13.8 Å². The van der Waals surface area contributed by atoms with Crippen LogP contribution in [0, 0.1) is 6.92 Å². The van der Waals surface area contributed by atoms with Crippen LogP contribution in [0.15, 0.2) is 76.1 Å². The number of fused-ring (bicyclic) bond motifs is 1. The third-order valence-electron chi connectivity index (χ3n) is 5.02. The summed E-state index contributed by atoms with van der Waals surface area (Å²) < 4.78 is 9.19. The molecule has 0 saturated heterocycles. The minimum Gasteiger partial charge on any atom is -0.494 e. The lowest BCUT2D eigenvalue weighted by Gasteiger charge is -2.12. The number of thiazole rings is 1. The molecule has 166 valence electrons. The fraction of sp³-hybridized carbons (Fsp3) is 0.167. The van der Waals surface area contributed by atoms with Crippen molar-refractivity contribution in [2.45, 2.75) is 24.8 Å². The summed E-state index contributed by atoms with van der Waals surface area (Å²) in [6.07, 6.45) is 1.74. The predicted molar refractivity (Wildman–Crippen MR) is 132 cm³/mol. The van der Waals surface area contributed by atoms with Gasteiger partial charge in [0.2, 0.25) is 0 Å². The van der Waals surface area contributed by atoms with Crippen LogP contribution in [0.2, 0.25) is 0 Å². The maximum Gasteiger partial charge on any atom is 0.258 e. The number of benzene rings is 2. The summed E-state index contributed by atoms with van der Waals surface area (Å²) in [6, 6.07) is 17.7. The van der Waals surface area contributed by atoms with Gasteiger partial charge in [0.1, 0.15) is 5.75 Å². The third kappa shape index (κ3) is 4.42. The van der Waals surface area contributed by atoms with Gasteiger partial charge >= 0.3 is 0 Å². The molecule has 0 saturated carbocycles. The molecule has 3 aromatic heterocycles. The molecule has 0 fully saturated rings. The normalized spacial score (nSPS) is 11.2. The molecule has 0 unspecified atom stereocenters. The molecule has 9 heteroatoms. The summed E-state index contributed by atoms with van der Waals surface area (Å²) in [5.41, 5.74) is 3.71. The SMILES string of the molecule is CCOc1ccc(-n2c(SCc3cc(=O)n4ccsc4n3)nnc2-c2cccc(C)c2)cc1. The van der Waals surface area contributed by atoms with Gasteiger partial charge in [0.25, 0.3) is 5.56 Å². The van der Waals surface area contributed by atoms with E-state index in [2.05, 4.69) is 34.2 Å². The molecule has 0 aliphatic heterocycles. The van der Waals surface area contributed by atoms with Crippen LogP contribution in [0.25, 0.3) is 22.0 Å². The van der Waals surface area contributed by atoms with Crippen molar-refractivity contribution in [2.75, 3.05) is 6.61 Å². The van der Waals surface area contributed by atoms with Crippen molar-refractivity contribution in [3.63, 3.8) is 0 Å². The smallest absolute Gasteiger partial charge is 0.258 e. The van der Waals surface area contributed by atoms with Crippen LogP contribution in [0.1, 0.15) is 18.2 Å². The second-order valence-electron chi connectivity index (χ2n) is 7.37. The molecule has 5 aromatic rings. The molecule has 0 aliphatic carbocycles. The fourth-order valence-electron chi connectivity index (χ4n) is 3.53. The molecule has 0 atom stereocenters. The number of hydrogen-bond donors (Lipinski definition) is 0.